The molecule has 0 fully saturated rings. The third-order valence-electron chi connectivity index (χ3n) is 3.13. The molecule has 8 heteroatoms. The number of ether oxygens (including phenoxy) is 1. The van der Waals surface area contributed by atoms with Crippen LogP contribution in [0.3, 0.4) is 0 Å². The van der Waals surface area contributed by atoms with Crippen LogP contribution in [-0.4, -0.2) is 26.9 Å². The number of thiophene rings is 1. The molecule has 0 radical (unpaired) electrons. The van der Waals surface area contributed by atoms with Gasteiger partial charge in [-0.25, -0.2) is 9.59 Å². The normalized spacial score (nSPS) is 14.0. The predicted molar refractivity (Wildman–Crippen MR) is 72.4 cm³/mol. The lowest BCUT2D eigenvalue weighted by Gasteiger charge is -2.17. The Bertz CT molecular complexity index is 820. The minimum Gasteiger partial charge on any atom is -0.383 e. The van der Waals surface area contributed by atoms with Crippen LogP contribution in [0, 0.1) is 11.3 Å². The van der Waals surface area contributed by atoms with Gasteiger partial charge in [-0.05, 0) is 16.4 Å². The number of carbonyl (C=O) groups excluding carboxylic acids is 2. The molecule has 0 aromatic carbocycles. The van der Waals surface area contributed by atoms with Crippen LogP contribution in [0.5, 0.6) is 0 Å². The molecule has 3 heterocycles. The molecule has 0 aliphatic carbocycles. The van der Waals surface area contributed by atoms with E-state index in [1.54, 1.807) is 0 Å². The van der Waals surface area contributed by atoms with Gasteiger partial charge >= 0.3 is 11.9 Å². The summed E-state index contributed by atoms with van der Waals surface area (Å²) in [5, 5.41) is 19.2. The van der Waals surface area contributed by atoms with Gasteiger partial charge in [0, 0.05) is 0 Å². The van der Waals surface area contributed by atoms with Crippen molar-refractivity contribution in [2.24, 2.45) is 0 Å². The standard InChI is InChI=1S/C13H10N4O3S/c1-13(2,3)7-5-21-10(6(7)4-14)17-9-8(15-16-17)11(18)20-12(9)19/h5H,1-3H3. The molecule has 21 heavy (non-hydrogen) atoms. The summed E-state index contributed by atoms with van der Waals surface area (Å²) in [5.41, 5.74) is 0.910. The zero-order valence-corrected chi connectivity index (χ0v) is 12.3. The SMILES string of the molecule is CC(C)(C)c1csc(-n2nnc3c2C(=O)OC3=O)c1C#N. The molecule has 3 rings (SSSR count). The van der Waals surface area contributed by atoms with Crippen LogP contribution in [0.1, 0.15) is 52.9 Å². The van der Waals surface area contributed by atoms with E-state index in [0.717, 1.165) is 5.56 Å². The summed E-state index contributed by atoms with van der Waals surface area (Å²) in [6, 6.07) is 2.14. The van der Waals surface area contributed by atoms with Crippen LogP contribution in [0.25, 0.3) is 5.00 Å². The molecule has 106 valence electrons. The van der Waals surface area contributed by atoms with Gasteiger partial charge in [0.2, 0.25) is 5.69 Å². The van der Waals surface area contributed by atoms with Gasteiger partial charge in [0.25, 0.3) is 0 Å². The fraction of sp³-hybridized carbons (Fsp3) is 0.308. The molecule has 0 saturated carbocycles. The smallest absolute Gasteiger partial charge is 0.369 e. The van der Waals surface area contributed by atoms with Gasteiger partial charge in [-0.3, -0.25) is 0 Å². The van der Waals surface area contributed by atoms with E-state index in [-0.39, 0.29) is 16.8 Å². The molecule has 0 saturated heterocycles. The Morgan fingerprint density at radius 3 is 2.67 bits per heavy atom. The Hall–Kier alpha value is -2.53. The fourth-order valence-electron chi connectivity index (χ4n) is 2.09. The lowest BCUT2D eigenvalue weighted by molar-refractivity contribution is 0.0434. The lowest BCUT2D eigenvalue weighted by atomic mass is 9.86. The number of aromatic nitrogens is 3. The van der Waals surface area contributed by atoms with Crippen molar-refractivity contribution in [1.29, 1.82) is 5.26 Å². The van der Waals surface area contributed by atoms with E-state index >= 15 is 0 Å². The molecule has 0 bridgehead atoms. The lowest BCUT2D eigenvalue weighted by Crippen LogP contribution is -2.13. The number of esters is 2. The zero-order valence-electron chi connectivity index (χ0n) is 11.5. The van der Waals surface area contributed by atoms with Crippen LogP contribution < -0.4 is 0 Å². The van der Waals surface area contributed by atoms with Crippen LogP contribution in [0.2, 0.25) is 0 Å². The fourth-order valence-corrected chi connectivity index (χ4v) is 3.29. The molecule has 0 N–H and O–H groups in total. The maximum absolute atomic E-state index is 11.7. The van der Waals surface area contributed by atoms with Crippen LogP contribution in [0.4, 0.5) is 0 Å². The monoisotopic (exact) mass is 302 g/mol. The summed E-state index contributed by atoms with van der Waals surface area (Å²) in [6.45, 7) is 5.97. The van der Waals surface area contributed by atoms with Gasteiger partial charge in [-0.1, -0.05) is 26.0 Å². The number of fused-ring (bicyclic) bond motifs is 1. The summed E-state index contributed by atoms with van der Waals surface area (Å²) in [4.78, 5) is 23.1. The van der Waals surface area contributed by atoms with Crippen molar-refractivity contribution in [2.75, 3.05) is 0 Å². The number of hydrogen-bond donors (Lipinski definition) is 0. The van der Waals surface area contributed by atoms with E-state index in [0.29, 0.717) is 10.6 Å². The first-order valence-corrected chi connectivity index (χ1v) is 6.97. The summed E-state index contributed by atoms with van der Waals surface area (Å²) < 4.78 is 5.71. The Morgan fingerprint density at radius 1 is 1.33 bits per heavy atom. The number of nitrogens with zero attached hydrogens (tertiary/aromatic N) is 4. The molecule has 2 aromatic rings. The van der Waals surface area contributed by atoms with E-state index in [2.05, 4.69) is 21.1 Å². The summed E-state index contributed by atoms with van der Waals surface area (Å²) in [5.74, 6) is -1.61. The minimum absolute atomic E-state index is 0.0289. The third kappa shape index (κ3) is 1.86. The highest BCUT2D eigenvalue weighted by Crippen LogP contribution is 2.35. The van der Waals surface area contributed by atoms with Gasteiger partial charge in [0.1, 0.15) is 11.1 Å². The van der Waals surface area contributed by atoms with Crippen molar-refractivity contribution in [1.82, 2.24) is 15.0 Å². The number of hydrogen-bond acceptors (Lipinski definition) is 7. The molecular formula is C13H10N4O3S. The molecule has 0 amide bonds. The van der Waals surface area contributed by atoms with Gasteiger partial charge in [-0.2, -0.15) is 9.94 Å². The van der Waals surface area contributed by atoms with E-state index in [4.69, 9.17) is 0 Å². The molecule has 0 spiro atoms. The quantitative estimate of drug-likeness (QED) is 0.588. The molecule has 0 unspecified atom stereocenters. The largest absolute Gasteiger partial charge is 0.383 e. The molecular weight excluding hydrogens is 292 g/mol. The second-order valence-electron chi connectivity index (χ2n) is 5.57. The van der Waals surface area contributed by atoms with E-state index < -0.39 is 11.9 Å². The second kappa shape index (κ2) is 4.23. The highest BCUT2D eigenvalue weighted by Gasteiger charge is 2.38. The first kappa shape index (κ1) is 13.5. The average molecular weight is 302 g/mol. The Labute approximate surface area is 123 Å². The summed E-state index contributed by atoms with van der Waals surface area (Å²) in [7, 11) is 0. The highest BCUT2D eigenvalue weighted by molar-refractivity contribution is 7.13. The summed E-state index contributed by atoms with van der Waals surface area (Å²) >= 11 is 1.27. The highest BCUT2D eigenvalue weighted by atomic mass is 32.1. The minimum atomic E-state index is -0.813. The van der Waals surface area contributed by atoms with E-state index in [1.165, 1.54) is 16.0 Å². The maximum Gasteiger partial charge on any atom is 0.369 e. The Balaban J connectivity index is 2.23. The van der Waals surface area contributed by atoms with Crippen LogP contribution in [0.15, 0.2) is 5.38 Å². The zero-order chi connectivity index (χ0) is 15.4. The van der Waals surface area contributed by atoms with Gasteiger partial charge in [-0.15, -0.1) is 16.4 Å². The van der Waals surface area contributed by atoms with Crippen molar-refractivity contribution in [3.63, 3.8) is 0 Å². The van der Waals surface area contributed by atoms with Crippen molar-refractivity contribution in [3.05, 3.63) is 27.9 Å². The molecule has 1 aliphatic heterocycles. The Kier molecular flexibility index (Phi) is 2.71. The maximum atomic E-state index is 11.7. The van der Waals surface area contributed by atoms with Crippen molar-refractivity contribution >= 4 is 23.3 Å². The van der Waals surface area contributed by atoms with Crippen molar-refractivity contribution < 1.29 is 14.3 Å². The molecule has 7 nitrogen and oxygen atoms in total. The summed E-state index contributed by atoms with van der Waals surface area (Å²) in [6.07, 6.45) is 0. The van der Waals surface area contributed by atoms with Crippen LogP contribution in [-0.2, 0) is 10.2 Å². The van der Waals surface area contributed by atoms with E-state index in [1.807, 2.05) is 26.2 Å². The topological polar surface area (TPSA) is 97.9 Å². The molecule has 0 atom stereocenters. The second-order valence-corrected chi connectivity index (χ2v) is 6.42. The van der Waals surface area contributed by atoms with E-state index in [9.17, 15) is 14.9 Å². The average Bonchev–Trinajstić information content (AvgIpc) is 3.05. The first-order valence-electron chi connectivity index (χ1n) is 6.09. The van der Waals surface area contributed by atoms with Crippen molar-refractivity contribution in [2.45, 2.75) is 26.2 Å². The first-order chi connectivity index (χ1) is 9.84. The predicted octanol–water partition coefficient (Wildman–Crippen LogP) is 1.81. The van der Waals surface area contributed by atoms with Crippen molar-refractivity contribution in [3.8, 4) is 11.1 Å². The molecule has 1 aliphatic rings. The Morgan fingerprint density at radius 2 is 2.05 bits per heavy atom. The molecule has 2 aromatic heterocycles. The number of carbonyl (C=O) groups is 2. The van der Waals surface area contributed by atoms with Gasteiger partial charge < -0.3 is 4.74 Å². The van der Waals surface area contributed by atoms with Crippen LogP contribution >= 0.6 is 11.3 Å². The third-order valence-corrected chi connectivity index (χ3v) is 4.08. The number of rotatable bonds is 1. The van der Waals surface area contributed by atoms with Gasteiger partial charge in [0.15, 0.2) is 5.69 Å². The number of nitriles is 1. The van der Waals surface area contributed by atoms with Gasteiger partial charge in [0.05, 0.1) is 5.56 Å². The number of cyclic esters (lactones) is 2.